The van der Waals surface area contributed by atoms with E-state index in [-0.39, 0.29) is 11.5 Å². The van der Waals surface area contributed by atoms with Crippen molar-refractivity contribution in [1.29, 1.82) is 0 Å². The van der Waals surface area contributed by atoms with Gasteiger partial charge < -0.3 is 15.4 Å². The van der Waals surface area contributed by atoms with Gasteiger partial charge in [0.05, 0.1) is 11.3 Å². The van der Waals surface area contributed by atoms with Gasteiger partial charge in [0, 0.05) is 11.3 Å². The maximum Gasteiger partial charge on any atom is 0.340 e. The molecule has 0 aliphatic rings. The number of hydrogen-bond donors (Lipinski definition) is 2. The fourth-order valence-corrected chi connectivity index (χ4v) is 2.82. The van der Waals surface area contributed by atoms with E-state index in [2.05, 4.69) is 10.6 Å². The molecule has 0 aromatic heterocycles. The second-order valence-electron chi connectivity index (χ2n) is 6.81. The van der Waals surface area contributed by atoms with Crippen LogP contribution in [-0.4, -0.2) is 24.4 Å². The number of nitrogens with one attached hydrogen (secondary N) is 2. The van der Waals surface area contributed by atoms with E-state index >= 15 is 0 Å². The summed E-state index contributed by atoms with van der Waals surface area (Å²) in [5.74, 6) is -1.48. The average Bonchev–Trinajstić information content (AvgIpc) is 2.75. The predicted molar refractivity (Wildman–Crippen MR) is 116 cm³/mol. The van der Waals surface area contributed by atoms with Gasteiger partial charge >= 0.3 is 5.97 Å². The van der Waals surface area contributed by atoms with Crippen molar-refractivity contribution in [1.82, 2.24) is 0 Å². The summed E-state index contributed by atoms with van der Waals surface area (Å²) in [5, 5.41) is 5.45. The van der Waals surface area contributed by atoms with Crippen LogP contribution in [0.5, 0.6) is 0 Å². The molecule has 152 valence electrons. The molecule has 2 N–H and O–H groups in total. The summed E-state index contributed by atoms with van der Waals surface area (Å²) in [7, 11) is 0. The van der Waals surface area contributed by atoms with E-state index < -0.39 is 18.5 Å². The zero-order valence-corrected chi connectivity index (χ0v) is 16.8. The Morgan fingerprint density at radius 1 is 0.800 bits per heavy atom. The van der Waals surface area contributed by atoms with Crippen LogP contribution < -0.4 is 10.6 Å². The number of amides is 2. The first-order valence-electron chi connectivity index (χ1n) is 9.43. The van der Waals surface area contributed by atoms with Crippen molar-refractivity contribution in [3.05, 3.63) is 95.1 Å². The second-order valence-corrected chi connectivity index (χ2v) is 6.81. The highest BCUT2D eigenvalue weighted by Crippen LogP contribution is 2.18. The van der Waals surface area contributed by atoms with Crippen LogP contribution in [0.25, 0.3) is 0 Å². The molecule has 0 spiro atoms. The molecule has 0 saturated heterocycles. The van der Waals surface area contributed by atoms with Crippen LogP contribution in [0, 0.1) is 13.8 Å². The Morgan fingerprint density at radius 3 is 2.27 bits per heavy atom. The maximum atomic E-state index is 12.5. The van der Waals surface area contributed by atoms with Gasteiger partial charge in [0.2, 0.25) is 0 Å². The first-order chi connectivity index (χ1) is 14.4. The maximum absolute atomic E-state index is 12.5. The summed E-state index contributed by atoms with van der Waals surface area (Å²) >= 11 is 0. The number of carbonyl (C=O) groups is 3. The summed E-state index contributed by atoms with van der Waals surface area (Å²) in [6, 6.07) is 20.9. The molecule has 6 nitrogen and oxygen atoms in total. The monoisotopic (exact) mass is 402 g/mol. The third-order valence-corrected chi connectivity index (χ3v) is 4.43. The largest absolute Gasteiger partial charge is 0.452 e. The highest BCUT2D eigenvalue weighted by molar-refractivity contribution is 6.08. The van der Waals surface area contributed by atoms with Crippen LogP contribution in [0.1, 0.15) is 31.8 Å². The highest BCUT2D eigenvalue weighted by Gasteiger charge is 2.16. The lowest BCUT2D eigenvalue weighted by atomic mass is 10.1. The number of carbonyl (C=O) groups excluding carboxylic acids is 3. The molecular weight excluding hydrogens is 380 g/mol. The third-order valence-electron chi connectivity index (χ3n) is 4.43. The Bertz CT molecular complexity index is 1080. The molecule has 0 unspecified atom stereocenters. The number of anilines is 2. The lowest BCUT2D eigenvalue weighted by molar-refractivity contribution is -0.119. The van der Waals surface area contributed by atoms with Crippen molar-refractivity contribution in [2.75, 3.05) is 17.2 Å². The topological polar surface area (TPSA) is 84.5 Å². The number of aryl methyl sites for hydroxylation is 2. The SMILES string of the molecule is Cc1ccc(C)c(NC(=O)COC(=O)c2ccccc2NC(=O)c2ccccc2)c1. The van der Waals surface area contributed by atoms with E-state index in [1.807, 2.05) is 38.1 Å². The van der Waals surface area contributed by atoms with Gasteiger partial charge in [-0.25, -0.2) is 4.79 Å². The molecule has 2 amide bonds. The molecule has 0 aliphatic carbocycles. The van der Waals surface area contributed by atoms with Gasteiger partial charge in [-0.3, -0.25) is 9.59 Å². The summed E-state index contributed by atoms with van der Waals surface area (Å²) in [6.45, 7) is 3.37. The minimum absolute atomic E-state index is 0.168. The molecule has 0 heterocycles. The van der Waals surface area contributed by atoms with Crippen LogP contribution >= 0.6 is 0 Å². The molecule has 3 aromatic carbocycles. The molecule has 6 heteroatoms. The normalized spacial score (nSPS) is 10.2. The molecule has 0 fully saturated rings. The molecule has 0 aliphatic heterocycles. The molecular formula is C24H22N2O4. The average molecular weight is 402 g/mol. The molecule has 0 atom stereocenters. The first-order valence-corrected chi connectivity index (χ1v) is 9.43. The van der Waals surface area contributed by atoms with Crippen LogP contribution in [-0.2, 0) is 9.53 Å². The number of para-hydroxylation sites is 1. The zero-order valence-electron chi connectivity index (χ0n) is 16.8. The van der Waals surface area contributed by atoms with Gasteiger partial charge in [0.15, 0.2) is 6.61 Å². The fraction of sp³-hybridized carbons (Fsp3) is 0.125. The Morgan fingerprint density at radius 2 is 1.50 bits per heavy atom. The van der Waals surface area contributed by atoms with Crippen molar-refractivity contribution < 1.29 is 19.1 Å². The van der Waals surface area contributed by atoms with E-state index in [0.717, 1.165) is 11.1 Å². The minimum Gasteiger partial charge on any atom is -0.452 e. The van der Waals surface area contributed by atoms with Crippen LogP contribution in [0.15, 0.2) is 72.8 Å². The number of hydrogen-bond acceptors (Lipinski definition) is 4. The highest BCUT2D eigenvalue weighted by atomic mass is 16.5. The number of benzene rings is 3. The van der Waals surface area contributed by atoms with Crippen molar-refractivity contribution in [3.8, 4) is 0 Å². The van der Waals surface area contributed by atoms with E-state index in [1.54, 1.807) is 42.5 Å². The number of rotatable bonds is 6. The Balaban J connectivity index is 1.64. The molecule has 3 aromatic rings. The van der Waals surface area contributed by atoms with Gasteiger partial charge in [-0.05, 0) is 55.3 Å². The van der Waals surface area contributed by atoms with E-state index in [1.165, 1.54) is 6.07 Å². The summed E-state index contributed by atoms with van der Waals surface area (Å²) in [4.78, 5) is 37.1. The van der Waals surface area contributed by atoms with E-state index in [9.17, 15) is 14.4 Å². The standard InChI is InChI=1S/C24H22N2O4/c1-16-12-13-17(2)21(14-16)25-22(27)15-30-24(29)19-10-6-7-11-20(19)26-23(28)18-8-4-3-5-9-18/h3-14H,15H2,1-2H3,(H,25,27)(H,26,28). The van der Waals surface area contributed by atoms with Crippen molar-refractivity contribution in [2.24, 2.45) is 0 Å². The first kappa shape index (κ1) is 20.8. The Kier molecular flexibility index (Phi) is 6.60. The van der Waals surface area contributed by atoms with Gasteiger partial charge in [0.25, 0.3) is 11.8 Å². The Hall–Kier alpha value is -3.93. The Labute approximate surface area is 174 Å². The molecule has 0 bridgehead atoms. The zero-order chi connectivity index (χ0) is 21.5. The molecule has 30 heavy (non-hydrogen) atoms. The minimum atomic E-state index is -0.699. The van der Waals surface area contributed by atoms with Gasteiger partial charge in [-0.1, -0.05) is 42.5 Å². The van der Waals surface area contributed by atoms with Crippen LogP contribution in [0.2, 0.25) is 0 Å². The second kappa shape index (κ2) is 9.52. The van der Waals surface area contributed by atoms with Crippen molar-refractivity contribution in [3.63, 3.8) is 0 Å². The quantitative estimate of drug-likeness (QED) is 0.601. The fourth-order valence-electron chi connectivity index (χ4n) is 2.82. The summed E-state index contributed by atoms with van der Waals surface area (Å²) < 4.78 is 5.16. The summed E-state index contributed by atoms with van der Waals surface area (Å²) in [5.41, 5.74) is 3.54. The van der Waals surface area contributed by atoms with Crippen molar-refractivity contribution >= 4 is 29.2 Å². The lowest BCUT2D eigenvalue weighted by Gasteiger charge is -2.12. The third kappa shape index (κ3) is 5.32. The smallest absolute Gasteiger partial charge is 0.340 e. The van der Waals surface area contributed by atoms with E-state index in [4.69, 9.17) is 4.74 Å². The van der Waals surface area contributed by atoms with Gasteiger partial charge in [0.1, 0.15) is 0 Å². The van der Waals surface area contributed by atoms with E-state index in [0.29, 0.717) is 16.9 Å². The predicted octanol–water partition coefficient (Wildman–Crippen LogP) is 4.35. The van der Waals surface area contributed by atoms with Gasteiger partial charge in [-0.2, -0.15) is 0 Å². The lowest BCUT2D eigenvalue weighted by Crippen LogP contribution is -2.22. The molecule has 0 saturated carbocycles. The molecule has 3 rings (SSSR count). The van der Waals surface area contributed by atoms with Crippen LogP contribution in [0.3, 0.4) is 0 Å². The summed E-state index contributed by atoms with van der Waals surface area (Å²) in [6.07, 6.45) is 0. The molecule has 0 radical (unpaired) electrons. The van der Waals surface area contributed by atoms with Gasteiger partial charge in [-0.15, -0.1) is 0 Å². The van der Waals surface area contributed by atoms with Crippen molar-refractivity contribution in [2.45, 2.75) is 13.8 Å². The van der Waals surface area contributed by atoms with Crippen LogP contribution in [0.4, 0.5) is 11.4 Å². The number of ether oxygens (including phenoxy) is 1. The number of esters is 1.